The molecular formula is C28H21BrCl2N2O8. The number of fused-ring (bicyclic) bond motifs is 4. The van der Waals surface area contributed by atoms with Crippen molar-refractivity contribution in [1.29, 1.82) is 0 Å². The van der Waals surface area contributed by atoms with E-state index in [4.69, 9.17) is 23.2 Å². The van der Waals surface area contributed by atoms with Gasteiger partial charge in [-0.3, -0.25) is 24.1 Å². The average Bonchev–Trinajstić information content (AvgIpc) is 3.27. The van der Waals surface area contributed by atoms with E-state index in [9.17, 15) is 39.3 Å². The lowest BCUT2D eigenvalue weighted by Crippen LogP contribution is -2.60. The monoisotopic (exact) mass is 662 g/mol. The van der Waals surface area contributed by atoms with E-state index in [2.05, 4.69) is 15.9 Å². The zero-order chi connectivity index (χ0) is 29.6. The first-order valence-electron chi connectivity index (χ1n) is 12.6. The summed E-state index contributed by atoms with van der Waals surface area (Å²) >= 11 is 17.4. The number of aromatic hydroxyl groups is 2. The van der Waals surface area contributed by atoms with Gasteiger partial charge in [0, 0.05) is 17.5 Å². The van der Waals surface area contributed by atoms with Gasteiger partial charge in [-0.2, -0.15) is 0 Å². The standard InChI is InChI=1S/C28H21BrCl2N2O8/c29-11-32-25(40)27(30)10-17-13(21(28(27,31)26(32)41)14-3-1-2-4-18(14)34)7-8-16-20(17)23(37)33(22(16)36)12-5-6-15(24(38)39)19(35)9-12/h1-7,9,16-17,20-21,34-35H,8,10-11H2,(H,38,39). The van der Waals surface area contributed by atoms with Gasteiger partial charge in [0.25, 0.3) is 11.8 Å². The van der Waals surface area contributed by atoms with Gasteiger partial charge in [0.05, 0.1) is 23.0 Å². The summed E-state index contributed by atoms with van der Waals surface area (Å²) in [5, 5.41) is 30.3. The number of carboxylic acids is 1. The first-order chi connectivity index (χ1) is 19.4. The number of hydrogen-bond donors (Lipinski definition) is 3. The Balaban J connectivity index is 1.49. The Hall–Kier alpha value is -3.41. The number of halogens is 3. The second kappa shape index (κ2) is 9.30. The number of imide groups is 2. The van der Waals surface area contributed by atoms with Gasteiger partial charge in [-0.05, 0) is 37.0 Å². The molecule has 0 bridgehead atoms. The van der Waals surface area contributed by atoms with Crippen LogP contribution >= 0.6 is 39.1 Å². The van der Waals surface area contributed by atoms with Crippen molar-refractivity contribution in [2.75, 3.05) is 10.4 Å². The van der Waals surface area contributed by atoms with Gasteiger partial charge in [-0.1, -0.05) is 45.8 Å². The molecule has 212 valence electrons. The topological polar surface area (TPSA) is 153 Å². The molecule has 0 spiro atoms. The maximum absolute atomic E-state index is 14.0. The molecule has 2 aliphatic heterocycles. The molecule has 0 aromatic heterocycles. The molecule has 2 heterocycles. The third-order valence-corrected chi connectivity index (χ3v) is 10.6. The van der Waals surface area contributed by atoms with Crippen LogP contribution in [0.1, 0.15) is 34.7 Å². The van der Waals surface area contributed by atoms with Crippen molar-refractivity contribution < 1.29 is 39.3 Å². The fraction of sp³-hybridized carbons (Fsp3) is 0.321. The average molecular weight is 664 g/mol. The van der Waals surface area contributed by atoms with E-state index in [1.807, 2.05) is 0 Å². The summed E-state index contributed by atoms with van der Waals surface area (Å²) in [5.74, 6) is -8.57. The summed E-state index contributed by atoms with van der Waals surface area (Å²) in [6.45, 7) is 0. The van der Waals surface area contributed by atoms with E-state index in [0.29, 0.717) is 5.57 Å². The van der Waals surface area contributed by atoms with Crippen LogP contribution in [0, 0.1) is 17.8 Å². The van der Waals surface area contributed by atoms with Crippen molar-refractivity contribution in [2.24, 2.45) is 17.8 Å². The highest BCUT2D eigenvalue weighted by Crippen LogP contribution is 2.66. The quantitative estimate of drug-likeness (QED) is 0.194. The Morgan fingerprint density at radius 2 is 1.68 bits per heavy atom. The lowest BCUT2D eigenvalue weighted by molar-refractivity contribution is -0.138. The number of likely N-dealkylation sites (tertiary alicyclic amines) is 1. The summed E-state index contributed by atoms with van der Waals surface area (Å²) in [6, 6.07) is 9.63. The number of carbonyl (C=O) groups is 5. The normalized spacial score (nSPS) is 32.5. The minimum atomic E-state index is -2.03. The Kier molecular flexibility index (Phi) is 6.29. The second-order valence-corrected chi connectivity index (χ2v) is 12.3. The predicted octanol–water partition coefficient (Wildman–Crippen LogP) is 3.71. The Labute approximate surface area is 251 Å². The third kappa shape index (κ3) is 3.52. The van der Waals surface area contributed by atoms with Gasteiger partial charge in [0.15, 0.2) is 9.75 Å². The number of para-hydroxylation sites is 1. The molecule has 6 unspecified atom stereocenters. The van der Waals surface area contributed by atoms with Crippen LogP contribution in [0.4, 0.5) is 5.69 Å². The van der Waals surface area contributed by atoms with Crippen molar-refractivity contribution in [3.8, 4) is 11.5 Å². The number of anilines is 1. The van der Waals surface area contributed by atoms with Gasteiger partial charge < -0.3 is 15.3 Å². The molecule has 3 N–H and O–H groups in total. The molecule has 10 nitrogen and oxygen atoms in total. The summed E-state index contributed by atoms with van der Waals surface area (Å²) in [7, 11) is 0. The highest BCUT2D eigenvalue weighted by atomic mass is 79.9. The molecule has 0 radical (unpaired) electrons. The Bertz CT molecular complexity index is 1610. The lowest BCUT2D eigenvalue weighted by Gasteiger charge is -2.50. The number of phenolic OH excluding ortho intramolecular Hbond substituents is 1. The van der Waals surface area contributed by atoms with Gasteiger partial charge in [-0.15, -0.1) is 23.2 Å². The van der Waals surface area contributed by atoms with E-state index in [0.717, 1.165) is 21.9 Å². The van der Waals surface area contributed by atoms with Gasteiger partial charge in [0.2, 0.25) is 11.8 Å². The molecule has 3 fully saturated rings. The molecule has 4 aliphatic rings. The molecule has 2 aromatic carbocycles. The number of benzene rings is 2. The van der Waals surface area contributed by atoms with Crippen LogP contribution in [-0.2, 0) is 19.2 Å². The van der Waals surface area contributed by atoms with Gasteiger partial charge in [0.1, 0.15) is 17.1 Å². The summed E-state index contributed by atoms with van der Waals surface area (Å²) < 4.78 is 0. The summed E-state index contributed by atoms with van der Waals surface area (Å²) in [5.41, 5.74) is 0.204. The van der Waals surface area contributed by atoms with Crippen LogP contribution in [0.5, 0.6) is 11.5 Å². The number of phenols is 2. The highest BCUT2D eigenvalue weighted by Gasteiger charge is 2.76. The Morgan fingerprint density at radius 3 is 2.32 bits per heavy atom. The number of carboxylic acid groups (broad SMARTS) is 1. The summed E-state index contributed by atoms with van der Waals surface area (Å²) in [4.78, 5) is 64.0. The number of nitrogens with zero attached hydrogens (tertiary/aromatic N) is 2. The molecule has 13 heteroatoms. The number of aromatic carboxylic acids is 1. The minimum Gasteiger partial charge on any atom is -0.508 e. The molecule has 2 aromatic rings. The van der Waals surface area contributed by atoms with Crippen molar-refractivity contribution >= 4 is 74.4 Å². The van der Waals surface area contributed by atoms with E-state index < -0.39 is 74.3 Å². The predicted molar refractivity (Wildman–Crippen MR) is 149 cm³/mol. The van der Waals surface area contributed by atoms with Gasteiger partial charge in [-0.25, -0.2) is 9.69 Å². The van der Waals surface area contributed by atoms with Crippen LogP contribution in [0.2, 0.25) is 0 Å². The van der Waals surface area contributed by atoms with Crippen LogP contribution in [0.25, 0.3) is 0 Å². The van der Waals surface area contributed by atoms with Crippen molar-refractivity contribution in [2.45, 2.75) is 28.5 Å². The number of amides is 4. The molecule has 2 aliphatic carbocycles. The van der Waals surface area contributed by atoms with Crippen molar-refractivity contribution in [1.82, 2.24) is 4.90 Å². The van der Waals surface area contributed by atoms with E-state index in [1.165, 1.54) is 12.1 Å². The largest absolute Gasteiger partial charge is 0.508 e. The smallest absolute Gasteiger partial charge is 0.339 e. The molecule has 2 saturated heterocycles. The van der Waals surface area contributed by atoms with E-state index in [1.54, 1.807) is 24.3 Å². The zero-order valence-corrected chi connectivity index (χ0v) is 24.1. The first-order valence-corrected chi connectivity index (χ1v) is 14.5. The molecular weight excluding hydrogens is 643 g/mol. The highest BCUT2D eigenvalue weighted by molar-refractivity contribution is 9.09. The minimum absolute atomic E-state index is 0.00336. The van der Waals surface area contributed by atoms with Crippen LogP contribution < -0.4 is 4.90 Å². The maximum Gasteiger partial charge on any atom is 0.339 e. The second-order valence-electron chi connectivity index (χ2n) is 10.6. The third-order valence-electron chi connectivity index (χ3n) is 8.73. The number of alkyl halides is 3. The molecule has 4 amide bonds. The SMILES string of the molecule is O=C(O)c1ccc(N2C(=O)C3CC=C4C(CC5(Cl)C(=O)N(CBr)C(=O)C5(Cl)C4c4ccccc4O)C3C2=O)cc1O. The fourth-order valence-electron chi connectivity index (χ4n) is 6.92. The van der Waals surface area contributed by atoms with Crippen molar-refractivity contribution in [3.63, 3.8) is 0 Å². The lowest BCUT2D eigenvalue weighted by atomic mass is 9.56. The Morgan fingerprint density at radius 1 is 0.976 bits per heavy atom. The van der Waals surface area contributed by atoms with E-state index in [-0.39, 0.29) is 35.3 Å². The van der Waals surface area contributed by atoms with Crippen molar-refractivity contribution in [3.05, 3.63) is 65.2 Å². The number of allylic oxidation sites excluding steroid dienone is 2. The fourth-order valence-corrected chi connectivity index (χ4v) is 8.34. The molecule has 1 saturated carbocycles. The molecule has 6 rings (SSSR count). The number of hydrogen-bond acceptors (Lipinski definition) is 7. The maximum atomic E-state index is 14.0. The first kappa shape index (κ1) is 27.7. The number of carbonyl (C=O) groups excluding carboxylic acids is 4. The van der Waals surface area contributed by atoms with Crippen LogP contribution in [-0.4, -0.2) is 65.0 Å². The molecule has 41 heavy (non-hydrogen) atoms. The van der Waals surface area contributed by atoms with Gasteiger partial charge >= 0.3 is 5.97 Å². The van der Waals surface area contributed by atoms with E-state index >= 15 is 0 Å². The van der Waals surface area contributed by atoms with Crippen LogP contribution in [0.3, 0.4) is 0 Å². The zero-order valence-electron chi connectivity index (χ0n) is 21.0. The van der Waals surface area contributed by atoms with Crippen LogP contribution in [0.15, 0.2) is 54.1 Å². The summed E-state index contributed by atoms with van der Waals surface area (Å²) in [6.07, 6.45) is 1.62. The number of rotatable bonds is 4. The molecule has 6 atom stereocenters.